The van der Waals surface area contributed by atoms with Gasteiger partial charge >= 0.3 is 0 Å². The molecule has 0 radical (unpaired) electrons. The quantitative estimate of drug-likeness (QED) is 0.770. The molecule has 0 aliphatic heterocycles. The Balaban J connectivity index is 1.85. The Bertz CT molecular complexity index is 371. The molecule has 1 aliphatic carbocycles. The number of hydrogen-bond donors (Lipinski definition) is 3. The summed E-state index contributed by atoms with van der Waals surface area (Å²) in [5, 5.41) is 22.5. The van der Waals surface area contributed by atoms with E-state index in [2.05, 4.69) is 5.32 Å². The zero-order valence-corrected chi connectivity index (χ0v) is 10.9. The monoisotopic (exact) mass is 249 g/mol. The van der Waals surface area contributed by atoms with Crippen molar-refractivity contribution in [1.82, 2.24) is 5.32 Å². The van der Waals surface area contributed by atoms with Crippen LogP contribution < -0.4 is 5.32 Å². The normalized spacial score (nSPS) is 18.2. The van der Waals surface area contributed by atoms with Gasteiger partial charge in [-0.1, -0.05) is 38.2 Å². The van der Waals surface area contributed by atoms with Crippen molar-refractivity contribution >= 4 is 0 Å². The minimum absolute atomic E-state index is 0.113. The van der Waals surface area contributed by atoms with E-state index in [1.807, 2.05) is 0 Å². The minimum Gasteiger partial charge on any atom is -0.508 e. The summed E-state index contributed by atoms with van der Waals surface area (Å²) in [6.07, 6.45) is 9.16. The molecule has 0 unspecified atom stereocenters. The van der Waals surface area contributed by atoms with Gasteiger partial charge in [0.15, 0.2) is 0 Å². The Kier molecular flexibility index (Phi) is 4.88. The summed E-state index contributed by atoms with van der Waals surface area (Å²) in [5.74, 6) is 0.288. The standard InChI is InChI=1S/C15H23NO2/c17-14-9-8-12(15(18)10-14)11-16-13-6-4-2-1-3-5-7-13/h8-10,13,16-18H,1-7,11H2. The van der Waals surface area contributed by atoms with Crippen LogP contribution in [0.15, 0.2) is 18.2 Å². The van der Waals surface area contributed by atoms with Crippen LogP contribution in [0.25, 0.3) is 0 Å². The van der Waals surface area contributed by atoms with Gasteiger partial charge in [-0.3, -0.25) is 0 Å². The van der Waals surface area contributed by atoms with Crippen LogP contribution >= 0.6 is 0 Å². The molecule has 1 aromatic rings. The van der Waals surface area contributed by atoms with E-state index in [-0.39, 0.29) is 11.5 Å². The SMILES string of the molecule is Oc1ccc(CNC2CCCCCCC2)c(O)c1. The predicted octanol–water partition coefficient (Wildman–Crippen LogP) is 3.30. The van der Waals surface area contributed by atoms with Gasteiger partial charge < -0.3 is 15.5 Å². The molecule has 0 aromatic heterocycles. The first-order valence-corrected chi connectivity index (χ1v) is 7.00. The average Bonchev–Trinajstić information content (AvgIpc) is 2.29. The molecule has 3 N–H and O–H groups in total. The molecule has 1 aromatic carbocycles. The highest BCUT2D eigenvalue weighted by Gasteiger charge is 2.11. The molecule has 2 rings (SSSR count). The number of benzene rings is 1. The van der Waals surface area contributed by atoms with E-state index in [4.69, 9.17) is 0 Å². The van der Waals surface area contributed by atoms with E-state index >= 15 is 0 Å². The fraction of sp³-hybridized carbons (Fsp3) is 0.600. The molecule has 3 heteroatoms. The van der Waals surface area contributed by atoms with Gasteiger partial charge in [0.25, 0.3) is 0 Å². The van der Waals surface area contributed by atoms with Crippen molar-refractivity contribution in [3.05, 3.63) is 23.8 Å². The molecular formula is C15H23NO2. The molecule has 0 spiro atoms. The topological polar surface area (TPSA) is 52.5 Å². The summed E-state index contributed by atoms with van der Waals surface area (Å²) in [5.41, 5.74) is 0.856. The lowest BCUT2D eigenvalue weighted by atomic mass is 9.96. The highest BCUT2D eigenvalue weighted by atomic mass is 16.3. The third-order valence-electron chi connectivity index (χ3n) is 3.76. The smallest absolute Gasteiger partial charge is 0.123 e. The number of phenols is 2. The molecule has 3 nitrogen and oxygen atoms in total. The van der Waals surface area contributed by atoms with Crippen molar-refractivity contribution in [2.45, 2.75) is 57.5 Å². The van der Waals surface area contributed by atoms with Gasteiger partial charge in [-0.25, -0.2) is 0 Å². The van der Waals surface area contributed by atoms with E-state index in [0.717, 1.165) is 5.56 Å². The zero-order valence-electron chi connectivity index (χ0n) is 10.9. The first kappa shape index (κ1) is 13.2. The molecule has 0 saturated heterocycles. The predicted molar refractivity (Wildman–Crippen MR) is 72.7 cm³/mol. The summed E-state index contributed by atoms with van der Waals surface area (Å²) in [7, 11) is 0. The maximum atomic E-state index is 9.72. The van der Waals surface area contributed by atoms with Gasteiger partial charge in [-0.05, 0) is 18.9 Å². The van der Waals surface area contributed by atoms with Crippen molar-refractivity contribution in [1.29, 1.82) is 0 Å². The Morgan fingerprint density at radius 1 is 1.00 bits per heavy atom. The largest absolute Gasteiger partial charge is 0.508 e. The Morgan fingerprint density at radius 2 is 1.67 bits per heavy atom. The van der Waals surface area contributed by atoms with Crippen molar-refractivity contribution in [2.24, 2.45) is 0 Å². The molecule has 0 heterocycles. The minimum atomic E-state index is 0.113. The number of rotatable bonds is 3. The summed E-state index contributed by atoms with van der Waals surface area (Å²) in [6, 6.07) is 5.36. The molecule has 1 fully saturated rings. The Hall–Kier alpha value is -1.22. The van der Waals surface area contributed by atoms with Crippen molar-refractivity contribution in [2.75, 3.05) is 0 Å². The Morgan fingerprint density at radius 3 is 2.33 bits per heavy atom. The maximum absolute atomic E-state index is 9.72. The lowest BCUT2D eigenvalue weighted by molar-refractivity contribution is 0.384. The van der Waals surface area contributed by atoms with Crippen LogP contribution in [0.1, 0.15) is 50.5 Å². The van der Waals surface area contributed by atoms with Gasteiger partial charge in [0.1, 0.15) is 11.5 Å². The van der Waals surface area contributed by atoms with Crippen molar-refractivity contribution < 1.29 is 10.2 Å². The molecule has 100 valence electrons. The zero-order chi connectivity index (χ0) is 12.8. The number of nitrogens with one attached hydrogen (secondary N) is 1. The van der Waals surface area contributed by atoms with E-state index in [0.29, 0.717) is 12.6 Å². The van der Waals surface area contributed by atoms with E-state index in [1.54, 1.807) is 12.1 Å². The summed E-state index contributed by atoms with van der Waals surface area (Å²) in [4.78, 5) is 0. The first-order chi connectivity index (χ1) is 8.75. The summed E-state index contributed by atoms with van der Waals surface area (Å²) < 4.78 is 0. The first-order valence-electron chi connectivity index (χ1n) is 7.00. The summed E-state index contributed by atoms with van der Waals surface area (Å²) in [6.45, 7) is 0.677. The number of aromatic hydroxyl groups is 2. The molecule has 0 atom stereocenters. The number of hydrogen-bond acceptors (Lipinski definition) is 3. The van der Waals surface area contributed by atoms with Crippen molar-refractivity contribution in [3.63, 3.8) is 0 Å². The van der Waals surface area contributed by atoms with Crippen LogP contribution in [0.4, 0.5) is 0 Å². The average molecular weight is 249 g/mol. The van der Waals surface area contributed by atoms with Crippen LogP contribution in [-0.4, -0.2) is 16.3 Å². The van der Waals surface area contributed by atoms with Crippen LogP contribution in [0.2, 0.25) is 0 Å². The third-order valence-corrected chi connectivity index (χ3v) is 3.76. The molecule has 1 aliphatic rings. The van der Waals surface area contributed by atoms with Crippen LogP contribution in [-0.2, 0) is 6.54 Å². The van der Waals surface area contributed by atoms with Crippen LogP contribution in [0.3, 0.4) is 0 Å². The highest BCUT2D eigenvalue weighted by Crippen LogP contribution is 2.23. The highest BCUT2D eigenvalue weighted by molar-refractivity contribution is 5.38. The van der Waals surface area contributed by atoms with Crippen molar-refractivity contribution in [3.8, 4) is 11.5 Å². The summed E-state index contributed by atoms with van der Waals surface area (Å²) >= 11 is 0. The van der Waals surface area contributed by atoms with Gasteiger partial charge in [0.05, 0.1) is 0 Å². The lowest BCUT2D eigenvalue weighted by Crippen LogP contribution is -2.29. The van der Waals surface area contributed by atoms with Gasteiger partial charge in [-0.2, -0.15) is 0 Å². The molecule has 1 saturated carbocycles. The van der Waals surface area contributed by atoms with Gasteiger partial charge in [0, 0.05) is 24.2 Å². The maximum Gasteiger partial charge on any atom is 0.123 e. The fourth-order valence-electron chi connectivity index (χ4n) is 2.62. The fourth-order valence-corrected chi connectivity index (χ4v) is 2.62. The van der Waals surface area contributed by atoms with Crippen LogP contribution in [0.5, 0.6) is 11.5 Å². The second kappa shape index (κ2) is 6.64. The van der Waals surface area contributed by atoms with Gasteiger partial charge in [0.2, 0.25) is 0 Å². The molecule has 0 amide bonds. The second-order valence-electron chi connectivity index (χ2n) is 5.24. The van der Waals surface area contributed by atoms with E-state index in [9.17, 15) is 10.2 Å². The molecular weight excluding hydrogens is 226 g/mol. The van der Waals surface area contributed by atoms with E-state index in [1.165, 1.54) is 51.0 Å². The van der Waals surface area contributed by atoms with Crippen LogP contribution in [0, 0.1) is 0 Å². The Labute approximate surface area is 109 Å². The number of phenolic OH excluding ortho intramolecular Hbond substituents is 2. The third kappa shape index (κ3) is 3.91. The van der Waals surface area contributed by atoms with E-state index < -0.39 is 0 Å². The second-order valence-corrected chi connectivity index (χ2v) is 5.24. The van der Waals surface area contributed by atoms with Gasteiger partial charge in [-0.15, -0.1) is 0 Å². The lowest BCUT2D eigenvalue weighted by Gasteiger charge is -2.21. The molecule has 0 bridgehead atoms. The molecule has 18 heavy (non-hydrogen) atoms.